The smallest absolute Gasteiger partial charge is 0.244 e. The van der Waals surface area contributed by atoms with Crippen LogP contribution in [0.5, 0.6) is 11.5 Å². The van der Waals surface area contributed by atoms with Gasteiger partial charge in [0.05, 0.1) is 37.2 Å². The summed E-state index contributed by atoms with van der Waals surface area (Å²) >= 11 is 6.31. The lowest BCUT2D eigenvalue weighted by Crippen LogP contribution is -2.30. The second kappa shape index (κ2) is 13.5. The molecule has 5 aromatic rings. The first-order chi connectivity index (χ1) is 22.2. The van der Waals surface area contributed by atoms with Gasteiger partial charge >= 0.3 is 0 Å². The van der Waals surface area contributed by atoms with Crippen LogP contribution < -0.4 is 14.8 Å². The summed E-state index contributed by atoms with van der Waals surface area (Å²) in [6.45, 7) is 0.903. The van der Waals surface area contributed by atoms with Crippen molar-refractivity contribution in [1.29, 1.82) is 0 Å². The molecule has 0 radical (unpaired) electrons. The first-order valence-corrected chi connectivity index (χ1v) is 16.8. The summed E-state index contributed by atoms with van der Waals surface area (Å²) in [6.07, 6.45) is 3.87. The maximum Gasteiger partial charge on any atom is 0.244 e. The molecule has 4 aromatic carbocycles. The molecule has 1 saturated carbocycles. The SMILES string of the molecule is COc1ccc(CN(Cc2ccc(OC)cc2)S(=O)(=O)c2cc(NC(=O)Cc3ccccc3Cl)cc3c2cnn3CC2CC2)cc1. The van der Waals surface area contributed by atoms with Crippen LogP contribution in [0.3, 0.4) is 0 Å². The van der Waals surface area contributed by atoms with E-state index in [4.69, 9.17) is 21.1 Å². The van der Waals surface area contributed by atoms with Gasteiger partial charge < -0.3 is 14.8 Å². The third-order valence-electron chi connectivity index (χ3n) is 8.10. The molecule has 1 fully saturated rings. The fraction of sp³-hybridized carbons (Fsp3) is 0.257. The zero-order chi connectivity index (χ0) is 32.3. The van der Waals surface area contributed by atoms with Gasteiger partial charge in [-0.25, -0.2) is 8.42 Å². The van der Waals surface area contributed by atoms with E-state index in [-0.39, 0.29) is 30.3 Å². The lowest BCUT2D eigenvalue weighted by atomic mass is 10.1. The van der Waals surface area contributed by atoms with Crippen LogP contribution in [0.1, 0.15) is 29.5 Å². The number of hydrogen-bond acceptors (Lipinski definition) is 6. The lowest BCUT2D eigenvalue weighted by Gasteiger charge is -2.24. The maximum absolute atomic E-state index is 14.7. The zero-order valence-electron chi connectivity index (χ0n) is 25.6. The summed E-state index contributed by atoms with van der Waals surface area (Å²) in [7, 11) is -0.959. The number of fused-ring (bicyclic) bond motifs is 1. The number of rotatable bonds is 13. The Balaban J connectivity index is 1.40. The van der Waals surface area contributed by atoms with Gasteiger partial charge in [-0.15, -0.1) is 0 Å². The monoisotopic (exact) mass is 658 g/mol. The predicted octanol–water partition coefficient (Wildman–Crippen LogP) is 6.69. The maximum atomic E-state index is 14.7. The molecule has 0 bridgehead atoms. The number of aromatic nitrogens is 2. The van der Waals surface area contributed by atoms with Gasteiger partial charge in [-0.1, -0.05) is 54.1 Å². The molecular weight excluding hydrogens is 624 g/mol. The highest BCUT2D eigenvalue weighted by atomic mass is 35.5. The first kappa shape index (κ1) is 31.6. The molecule has 1 N–H and O–H groups in total. The Kier molecular flexibility index (Phi) is 9.30. The molecule has 1 aliphatic rings. The fourth-order valence-corrected chi connectivity index (χ4v) is 7.20. The largest absolute Gasteiger partial charge is 0.497 e. The number of amides is 1. The first-order valence-electron chi connectivity index (χ1n) is 15.0. The number of hydrogen-bond donors (Lipinski definition) is 1. The van der Waals surface area contributed by atoms with Crippen molar-refractivity contribution in [1.82, 2.24) is 14.1 Å². The molecule has 0 aliphatic heterocycles. The number of methoxy groups -OCH3 is 2. The Labute approximate surface area is 273 Å². The van der Waals surface area contributed by atoms with Crippen molar-refractivity contribution in [3.63, 3.8) is 0 Å². The molecule has 0 unspecified atom stereocenters. The Hall–Kier alpha value is -4.38. The van der Waals surface area contributed by atoms with E-state index >= 15 is 0 Å². The molecule has 0 atom stereocenters. The summed E-state index contributed by atoms with van der Waals surface area (Å²) in [5, 5.41) is 8.50. The molecule has 238 valence electrons. The molecule has 11 heteroatoms. The minimum absolute atomic E-state index is 0.0438. The molecule has 9 nitrogen and oxygen atoms in total. The number of nitrogens with zero attached hydrogens (tertiary/aromatic N) is 3. The Morgan fingerprint density at radius 2 is 1.54 bits per heavy atom. The molecule has 0 spiro atoms. The Morgan fingerprint density at radius 3 is 2.11 bits per heavy atom. The van der Waals surface area contributed by atoms with Crippen LogP contribution in [0.25, 0.3) is 10.9 Å². The fourth-order valence-electron chi connectivity index (χ4n) is 5.37. The summed E-state index contributed by atoms with van der Waals surface area (Å²) < 4.78 is 43.3. The number of carbonyl (C=O) groups excluding carboxylic acids is 1. The second-order valence-corrected chi connectivity index (χ2v) is 13.8. The van der Waals surface area contributed by atoms with Crippen molar-refractivity contribution in [3.05, 3.63) is 113 Å². The van der Waals surface area contributed by atoms with Gasteiger partial charge in [0.2, 0.25) is 15.9 Å². The molecule has 1 amide bonds. The Morgan fingerprint density at radius 1 is 0.935 bits per heavy atom. The Bertz CT molecular complexity index is 1910. The summed E-state index contributed by atoms with van der Waals surface area (Å²) in [5.74, 6) is 1.55. The highest BCUT2D eigenvalue weighted by Crippen LogP contribution is 2.35. The third-order valence-corrected chi connectivity index (χ3v) is 10.3. The molecule has 1 heterocycles. The van der Waals surface area contributed by atoms with Crippen molar-refractivity contribution in [2.45, 2.75) is 43.8 Å². The van der Waals surface area contributed by atoms with E-state index in [1.165, 1.54) is 10.4 Å². The number of anilines is 1. The van der Waals surface area contributed by atoms with E-state index in [1.807, 2.05) is 59.3 Å². The van der Waals surface area contributed by atoms with Gasteiger partial charge in [-0.2, -0.15) is 9.40 Å². The molecule has 1 aromatic heterocycles. The van der Waals surface area contributed by atoms with Gasteiger partial charge in [-0.05, 0) is 77.9 Å². The highest BCUT2D eigenvalue weighted by Gasteiger charge is 2.30. The number of ether oxygens (including phenoxy) is 2. The van der Waals surface area contributed by atoms with Crippen LogP contribution in [0.15, 0.2) is 96.0 Å². The van der Waals surface area contributed by atoms with E-state index in [9.17, 15) is 13.2 Å². The van der Waals surface area contributed by atoms with Crippen molar-refractivity contribution < 1.29 is 22.7 Å². The van der Waals surface area contributed by atoms with E-state index in [0.717, 1.165) is 24.0 Å². The summed E-state index contributed by atoms with van der Waals surface area (Å²) in [5.41, 5.74) is 3.29. The molecule has 0 saturated heterocycles. The summed E-state index contributed by atoms with van der Waals surface area (Å²) in [4.78, 5) is 13.3. The van der Waals surface area contributed by atoms with Crippen LogP contribution in [-0.4, -0.2) is 42.6 Å². The molecule has 46 heavy (non-hydrogen) atoms. The van der Waals surface area contributed by atoms with Crippen LogP contribution >= 0.6 is 11.6 Å². The second-order valence-electron chi connectivity index (χ2n) is 11.5. The topological polar surface area (TPSA) is 103 Å². The van der Waals surface area contributed by atoms with E-state index in [1.54, 1.807) is 44.7 Å². The molecule has 6 rings (SSSR count). The number of benzene rings is 4. The predicted molar refractivity (Wildman–Crippen MR) is 179 cm³/mol. The highest BCUT2D eigenvalue weighted by molar-refractivity contribution is 7.89. The minimum Gasteiger partial charge on any atom is -0.497 e. The standard InChI is InChI=1S/C35H35ClN4O5S/c1-44-29-13-9-24(10-14-29)21-39(22-25-11-15-30(45-2)16-12-25)46(42,43)34-19-28(38-35(41)17-27-5-3-4-6-32(27)36)18-33-31(34)20-37-40(33)23-26-7-8-26/h3-6,9-16,18-20,26H,7-8,17,21-23H2,1-2H3,(H,38,41). The van der Waals surface area contributed by atoms with Gasteiger partial charge in [-0.3, -0.25) is 9.48 Å². The van der Waals surface area contributed by atoms with Gasteiger partial charge in [0.1, 0.15) is 11.5 Å². The van der Waals surface area contributed by atoms with Crippen LogP contribution in [0.2, 0.25) is 5.02 Å². The zero-order valence-corrected chi connectivity index (χ0v) is 27.2. The number of carbonyl (C=O) groups is 1. The van der Waals surface area contributed by atoms with E-state index in [2.05, 4.69) is 10.4 Å². The quantitative estimate of drug-likeness (QED) is 0.151. The van der Waals surface area contributed by atoms with Gasteiger partial charge in [0.25, 0.3) is 0 Å². The van der Waals surface area contributed by atoms with Crippen LogP contribution in [0, 0.1) is 5.92 Å². The van der Waals surface area contributed by atoms with Gasteiger partial charge in [0.15, 0.2) is 0 Å². The van der Waals surface area contributed by atoms with Crippen LogP contribution in [-0.2, 0) is 40.9 Å². The number of sulfonamides is 1. The van der Waals surface area contributed by atoms with Crippen LogP contribution in [0.4, 0.5) is 5.69 Å². The summed E-state index contributed by atoms with van der Waals surface area (Å²) in [6, 6.07) is 25.1. The number of nitrogens with one attached hydrogen (secondary N) is 1. The van der Waals surface area contributed by atoms with Gasteiger partial charge in [0, 0.05) is 35.7 Å². The van der Waals surface area contributed by atoms with Crippen molar-refractivity contribution in [2.24, 2.45) is 5.92 Å². The normalized spacial score (nSPS) is 13.2. The van der Waals surface area contributed by atoms with Crippen molar-refractivity contribution >= 4 is 44.1 Å². The lowest BCUT2D eigenvalue weighted by molar-refractivity contribution is -0.115. The molecule has 1 aliphatic carbocycles. The average Bonchev–Trinajstić information content (AvgIpc) is 3.80. The average molecular weight is 659 g/mol. The van der Waals surface area contributed by atoms with E-state index in [0.29, 0.717) is 51.1 Å². The molecular formula is C35H35ClN4O5S. The third kappa shape index (κ3) is 7.20. The van der Waals surface area contributed by atoms with Crippen molar-refractivity contribution in [3.8, 4) is 11.5 Å². The minimum atomic E-state index is -4.13. The van der Waals surface area contributed by atoms with Crippen molar-refractivity contribution in [2.75, 3.05) is 19.5 Å². The van der Waals surface area contributed by atoms with E-state index < -0.39 is 10.0 Å². The number of halogens is 1.